The molecule has 588 valence electrons. The fraction of sp³-hybridized carbons (Fsp3) is 0.403. The third kappa shape index (κ3) is 23.3. The molecule has 0 atom stereocenters. The molecule has 0 fully saturated rings. The predicted octanol–water partition coefficient (Wildman–Crippen LogP) is 10.5. The molecule has 31 nitrogen and oxygen atoms in total. The predicted molar refractivity (Wildman–Crippen MR) is 426 cm³/mol. The Hall–Kier alpha value is -8.58. The third-order valence-corrected chi connectivity index (χ3v) is 22.9. The Labute approximate surface area is 657 Å². The van der Waals surface area contributed by atoms with Gasteiger partial charge in [0.05, 0.1) is 86.6 Å². The van der Waals surface area contributed by atoms with Crippen LogP contribution in [0.15, 0.2) is 55.0 Å². The molecule has 0 radical (unpaired) electrons. The van der Waals surface area contributed by atoms with Crippen molar-refractivity contribution in [2.24, 2.45) is 5.73 Å². The monoisotopic (exact) mass is 1660 g/mol. The van der Waals surface area contributed by atoms with Crippen molar-refractivity contribution < 1.29 is 34.8 Å². The zero-order valence-electron chi connectivity index (χ0n) is 59.1. The second-order valence-corrected chi connectivity index (χ2v) is 31.7. The molecule has 0 saturated heterocycles. The normalized spacial score (nSPS) is 11.3. The first-order chi connectivity index (χ1) is 50.6. The van der Waals surface area contributed by atoms with E-state index in [0.717, 1.165) is 66.4 Å². The van der Waals surface area contributed by atoms with Crippen molar-refractivity contribution in [2.75, 3.05) is 76.9 Å². The van der Waals surface area contributed by atoms with Gasteiger partial charge in [-0.15, -0.1) is 0 Å². The lowest BCUT2D eigenvalue weighted by Gasteiger charge is -2.16. The van der Waals surface area contributed by atoms with Crippen molar-refractivity contribution in [3.63, 3.8) is 0 Å². The van der Waals surface area contributed by atoms with E-state index in [0.29, 0.717) is 134 Å². The number of aryl methyl sites for hydroxylation is 4. The number of carbonyl (C=O) groups excluding carboxylic acids is 1. The van der Waals surface area contributed by atoms with E-state index < -0.39 is 26.2 Å². The third-order valence-electron chi connectivity index (χ3n) is 15.6. The fourth-order valence-corrected chi connectivity index (χ4v) is 15.8. The minimum atomic E-state index is -3.65. The summed E-state index contributed by atoms with van der Waals surface area (Å²) in [6, 6.07) is 8.69. The molecule has 0 amide bonds. The smallest absolute Gasteiger partial charge is 0.308 e. The first-order valence-electron chi connectivity index (χ1n) is 32.6. The van der Waals surface area contributed by atoms with Crippen LogP contribution in [0.5, 0.6) is 0 Å². The summed E-state index contributed by atoms with van der Waals surface area (Å²) in [6.45, 7) is 14.7. The lowest BCUT2D eigenvalue weighted by Crippen LogP contribution is -2.32. The maximum atomic E-state index is 13.9. The molecule has 0 aliphatic heterocycles. The number of nitrogens with two attached hydrogens (primary N) is 1. The number of aromatic nitrogens is 18. The minimum Gasteiger partial charge on any atom is -0.362 e. The van der Waals surface area contributed by atoms with Crippen molar-refractivity contribution in [3.05, 3.63) is 172 Å². The van der Waals surface area contributed by atoms with E-state index in [1.165, 1.54) is 113 Å². The Bertz CT molecular complexity index is 5250. The molecule has 0 unspecified atom stereocenters. The first kappa shape index (κ1) is 89.3. The topological polar surface area (TPSA) is 397 Å². The van der Waals surface area contributed by atoms with Gasteiger partial charge in [-0.25, -0.2) is 66.0 Å². The molecule has 0 bridgehead atoms. The number of hydrogen-bond donors (Lipinski definition) is 7. The summed E-state index contributed by atoms with van der Waals surface area (Å²) in [4.78, 5) is 79.8. The number of aldehydes is 1. The molecule has 12 aromatic rings. The summed E-state index contributed by atoms with van der Waals surface area (Å²) in [5, 5.41) is 18.8. The van der Waals surface area contributed by atoms with Crippen molar-refractivity contribution in [1.29, 1.82) is 0 Å². The average molecular weight is 1660 g/mol. The van der Waals surface area contributed by atoms with Crippen LogP contribution in [-0.4, -0.2) is 180 Å². The molecule has 42 heteroatoms. The largest absolute Gasteiger partial charge is 0.362 e. The number of hydrogen-bond acceptors (Lipinski definition) is 29. The van der Waals surface area contributed by atoms with Crippen molar-refractivity contribution in [2.45, 2.75) is 122 Å². The van der Waals surface area contributed by atoms with Gasteiger partial charge in [0.25, 0.3) is 0 Å². The maximum Gasteiger partial charge on any atom is 0.308 e. The van der Waals surface area contributed by atoms with Crippen LogP contribution < -0.4 is 32.3 Å². The van der Waals surface area contributed by atoms with Crippen LogP contribution in [0.25, 0.3) is 31.0 Å². The van der Waals surface area contributed by atoms with Crippen LogP contribution in [0.1, 0.15) is 106 Å². The number of carbonyl (C=O) groups is 1. The number of anilines is 3. The molecule has 0 saturated carbocycles. The zero-order chi connectivity index (χ0) is 76.6. The van der Waals surface area contributed by atoms with E-state index in [2.05, 4.69) is 106 Å². The zero-order valence-corrected chi connectivity index (χ0v) is 65.4. The van der Waals surface area contributed by atoms with Gasteiger partial charge in [0.1, 0.15) is 57.8 Å². The fourth-order valence-electron chi connectivity index (χ4n) is 9.89. The molecule has 0 aromatic carbocycles. The summed E-state index contributed by atoms with van der Waals surface area (Å²) in [7, 11) is -1.39. The Kier molecular flexibility index (Phi) is 33.5. The Morgan fingerprint density at radius 2 is 0.853 bits per heavy atom. The number of rotatable bonds is 29. The maximum absolute atomic E-state index is 13.9. The van der Waals surface area contributed by atoms with E-state index in [1.54, 1.807) is 40.0 Å². The van der Waals surface area contributed by atoms with Gasteiger partial charge in [-0.1, -0.05) is 56.3 Å². The number of H-pyrrole nitrogens is 1. The van der Waals surface area contributed by atoms with E-state index in [1.807, 2.05) is 13.8 Å². The molecule has 0 spiro atoms. The highest BCUT2D eigenvalue weighted by molar-refractivity contribution is 7.87. The molecule has 12 heterocycles. The van der Waals surface area contributed by atoms with Gasteiger partial charge >= 0.3 is 20.4 Å². The summed E-state index contributed by atoms with van der Waals surface area (Å²) in [5.41, 5.74) is 12.8. The molecule has 12 rings (SSSR count). The van der Waals surface area contributed by atoms with Crippen molar-refractivity contribution >= 4 is 144 Å². The standard InChI is InChI=1S/C22H27ClFN9O2S2.C20H22ClFN8S.C13H12ClFN6S.C9H15N3O3S.3CH4/c1-13-14(2)33(37(34,35)32(3)4)17(28-13)7-10-25-11-8-18-29-19-20(30-22(23)31-21(19)36-18)27-12-16-15(24)6-5-9-26-16;1-11-12(2)27-15(26-11)5-8-23-9-6-16-28-17-18(29-20(21)30-19(17)31-16)25-10-14-13(22)4-3-7-24-14;14-13-20-11(18-6-8-7(15)2-1-5-17-8)10-12(21-13)22-9(19-10)3-4-16;1-7-8(2)12(9(10-7)5-6-13)16(14,15)11(3)4;;;/h5-6,9,25H,7-8,10-12H2,1-4H3,(H,27,30,31);3-4,7,23H,5-6,8-10H2,1-2H3,(H,26,27)(H,25,29,30);1-2,5H,3-4,6,16H2,(H,18,20,21);6H,5H2,1-4H3;3*1H4. The Morgan fingerprint density at radius 3 is 1.20 bits per heavy atom. The second-order valence-electron chi connectivity index (χ2n) is 23.5. The van der Waals surface area contributed by atoms with Gasteiger partial charge in [-0.05, 0) is 119 Å². The van der Waals surface area contributed by atoms with Crippen LogP contribution in [0.2, 0.25) is 15.9 Å². The number of halogens is 6. The number of imidazole rings is 3. The number of nitrogens with one attached hydrogen (secondary N) is 6. The van der Waals surface area contributed by atoms with E-state index in [9.17, 15) is 34.8 Å². The van der Waals surface area contributed by atoms with Crippen molar-refractivity contribution in [1.82, 2.24) is 107 Å². The molecule has 8 N–H and O–H groups in total. The average Bonchev–Trinajstić information content (AvgIpc) is 1.67. The van der Waals surface area contributed by atoms with Crippen LogP contribution in [0.3, 0.4) is 0 Å². The lowest BCUT2D eigenvalue weighted by molar-refractivity contribution is -0.107. The second kappa shape index (κ2) is 40.9. The van der Waals surface area contributed by atoms with E-state index in [-0.39, 0.29) is 87.3 Å². The van der Waals surface area contributed by atoms with Gasteiger partial charge in [0.15, 0.2) is 31.9 Å². The summed E-state index contributed by atoms with van der Waals surface area (Å²) in [6.07, 6.45) is 8.55. The summed E-state index contributed by atoms with van der Waals surface area (Å²) >= 11 is 22.4. The van der Waals surface area contributed by atoms with Crippen molar-refractivity contribution in [3.8, 4) is 0 Å². The van der Waals surface area contributed by atoms with Gasteiger partial charge in [0, 0.05) is 111 Å². The quantitative estimate of drug-likeness (QED) is 0.0130. The van der Waals surface area contributed by atoms with E-state index in [4.69, 9.17) is 40.5 Å². The van der Waals surface area contributed by atoms with Gasteiger partial charge in [0.2, 0.25) is 15.9 Å². The number of nitrogens with zero attached hydrogens (tertiary/aromatic N) is 19. The molecular formula is C67H88Cl3F3N26O5S5. The number of fused-ring (bicyclic) bond motifs is 3. The highest BCUT2D eigenvalue weighted by atomic mass is 35.5. The van der Waals surface area contributed by atoms with Crippen LogP contribution in [0.4, 0.5) is 30.6 Å². The van der Waals surface area contributed by atoms with Crippen LogP contribution in [-0.2, 0) is 83.4 Å². The number of pyridine rings is 3. The van der Waals surface area contributed by atoms with E-state index >= 15 is 0 Å². The molecular weight excluding hydrogens is 1570 g/mol. The van der Waals surface area contributed by atoms with Gasteiger partial charge < -0.3 is 42.1 Å². The molecule has 109 heavy (non-hydrogen) atoms. The Balaban J connectivity index is 0.000000234. The minimum absolute atomic E-state index is 0. The highest BCUT2D eigenvalue weighted by Gasteiger charge is 2.27. The molecule has 0 aliphatic carbocycles. The SMILES string of the molecule is C.C.C.Cc1nc(CC=O)n(S(=O)(=O)N(C)C)c1C.Cc1nc(CCNCCc2nc3c(NCc4ncccc4F)nc(Cl)nc3s2)[nH]c1C.Cc1nc(CCNCCc2nc3c(NCc4ncccc4F)nc(Cl)nc3s2)n(S(=O)(=O)N(C)C)c1C.NCCc1nc2c(NCc3ncccc3F)nc(Cl)nc2s1. The lowest BCUT2D eigenvalue weighted by atomic mass is 10.3. The Morgan fingerprint density at radius 1 is 0.495 bits per heavy atom. The van der Waals surface area contributed by atoms with Gasteiger partial charge in [-0.2, -0.15) is 40.4 Å². The van der Waals surface area contributed by atoms with Gasteiger partial charge in [-0.3, -0.25) is 15.0 Å². The number of aromatic amines is 1. The van der Waals surface area contributed by atoms with Crippen LogP contribution in [0, 0.1) is 59.0 Å². The summed E-state index contributed by atoms with van der Waals surface area (Å²) in [5.74, 6) is 1.90. The summed E-state index contributed by atoms with van der Waals surface area (Å²) < 4.78 is 95.4. The first-order valence-corrected chi connectivity index (χ1v) is 39.0. The highest BCUT2D eigenvalue weighted by Crippen LogP contribution is 2.31. The van der Waals surface area contributed by atoms with Crippen LogP contribution >= 0.6 is 68.8 Å². The molecule has 0 aliphatic rings. The molecule has 12 aromatic heterocycles. The number of thiazole rings is 3.